The molecule has 10 nitrogen and oxygen atoms in total. The fraction of sp³-hybridized carbons (Fsp3) is 0.214. The Bertz CT molecular complexity index is 1830. The zero-order chi connectivity index (χ0) is 36.9. The van der Waals surface area contributed by atoms with Crippen LogP contribution in [0.5, 0.6) is 5.75 Å². The maximum Gasteiger partial charge on any atom is 0.330 e. The van der Waals surface area contributed by atoms with E-state index in [2.05, 4.69) is 16.0 Å². The van der Waals surface area contributed by atoms with Crippen LogP contribution in [0.1, 0.15) is 42.5 Å². The van der Waals surface area contributed by atoms with E-state index in [9.17, 15) is 24.5 Å². The van der Waals surface area contributed by atoms with Crippen LogP contribution in [-0.4, -0.2) is 41.3 Å². The number of nitrogens with one attached hydrogen (secondary N) is 3. The van der Waals surface area contributed by atoms with Gasteiger partial charge in [0.2, 0.25) is 11.8 Å². The van der Waals surface area contributed by atoms with Crippen LogP contribution in [0.3, 0.4) is 0 Å². The molecule has 5 rings (SSSR count). The maximum atomic E-state index is 14.6. The zero-order valence-electron chi connectivity index (χ0n) is 29.1. The second kappa shape index (κ2) is 17.7. The van der Waals surface area contributed by atoms with Crippen LogP contribution >= 0.6 is 0 Å². The molecule has 0 aliphatic heterocycles. The minimum absolute atomic E-state index is 0.0284. The number of rotatable bonds is 16. The van der Waals surface area contributed by atoms with Crippen LogP contribution < -0.4 is 20.7 Å². The predicted molar refractivity (Wildman–Crippen MR) is 199 cm³/mol. The van der Waals surface area contributed by atoms with Crippen molar-refractivity contribution >= 4 is 23.5 Å². The summed E-state index contributed by atoms with van der Waals surface area (Å²) < 4.78 is 5.25. The minimum Gasteiger partial charge on any atom is -0.425 e. The molecule has 2 amide bonds. The lowest BCUT2D eigenvalue weighted by molar-refractivity contribution is -0.384. The highest BCUT2D eigenvalue weighted by Crippen LogP contribution is 2.37. The Hall–Kier alpha value is -6.13. The van der Waals surface area contributed by atoms with Crippen LogP contribution in [0.4, 0.5) is 5.69 Å². The Morgan fingerprint density at radius 1 is 0.673 bits per heavy atom. The Labute approximate surface area is 303 Å². The standard InChI is InChI=1S/C42H42N4O6/c1-30(2)27-37(40(48)43-29-39(47)52-36-25-23-35(24-26-36)46(50)51)44-41(49)38(28-31-15-7-3-8-16-31)45-42(32-17-9-4-10-18-32,33-19-11-5-12-20-33)34-21-13-6-14-22-34/h3-26,30,37-38,45H,27-29H2,1-2H3,(H,43,48)(H,44,49). The molecule has 2 atom stereocenters. The van der Waals surface area contributed by atoms with Crippen molar-refractivity contribution in [3.8, 4) is 5.75 Å². The van der Waals surface area contributed by atoms with Crippen LogP contribution in [0, 0.1) is 16.0 Å². The zero-order valence-corrected chi connectivity index (χ0v) is 29.1. The van der Waals surface area contributed by atoms with Gasteiger partial charge in [-0.25, -0.2) is 4.79 Å². The van der Waals surface area contributed by atoms with Gasteiger partial charge in [0, 0.05) is 12.1 Å². The highest BCUT2D eigenvalue weighted by atomic mass is 16.6. The number of carbonyl (C=O) groups excluding carboxylic acids is 3. The van der Waals surface area contributed by atoms with Crippen LogP contribution in [0.2, 0.25) is 0 Å². The topological polar surface area (TPSA) is 140 Å². The van der Waals surface area contributed by atoms with Gasteiger partial charge in [-0.3, -0.25) is 25.0 Å². The third kappa shape index (κ3) is 9.55. The average Bonchev–Trinajstić information content (AvgIpc) is 3.16. The summed E-state index contributed by atoms with van der Waals surface area (Å²) in [6.45, 7) is 3.42. The fourth-order valence-corrected chi connectivity index (χ4v) is 6.20. The number of amides is 2. The fourth-order valence-electron chi connectivity index (χ4n) is 6.20. The highest BCUT2D eigenvalue weighted by Gasteiger charge is 2.40. The second-order valence-corrected chi connectivity index (χ2v) is 12.9. The number of nitro groups is 1. The summed E-state index contributed by atoms with van der Waals surface area (Å²) >= 11 is 0. The molecule has 5 aromatic carbocycles. The van der Waals surface area contributed by atoms with Crippen molar-refractivity contribution < 1.29 is 24.0 Å². The van der Waals surface area contributed by atoms with E-state index in [1.54, 1.807) is 0 Å². The normalized spacial score (nSPS) is 12.4. The summed E-state index contributed by atoms with van der Waals surface area (Å²) in [7, 11) is 0. The van der Waals surface area contributed by atoms with Crippen molar-refractivity contribution in [3.63, 3.8) is 0 Å². The Morgan fingerprint density at radius 3 is 1.62 bits per heavy atom. The van der Waals surface area contributed by atoms with Gasteiger partial charge in [0.15, 0.2) is 0 Å². The van der Waals surface area contributed by atoms with Crippen molar-refractivity contribution in [3.05, 3.63) is 178 Å². The monoisotopic (exact) mass is 698 g/mol. The van der Waals surface area contributed by atoms with Crippen LogP contribution in [0.15, 0.2) is 146 Å². The molecule has 3 N–H and O–H groups in total. The van der Waals surface area contributed by atoms with Crippen molar-refractivity contribution in [2.45, 2.75) is 44.3 Å². The molecule has 10 heteroatoms. The number of ether oxygens (including phenoxy) is 1. The molecule has 0 spiro atoms. The van der Waals surface area contributed by atoms with Gasteiger partial charge in [0.1, 0.15) is 18.3 Å². The third-order valence-electron chi connectivity index (χ3n) is 8.64. The molecular weight excluding hydrogens is 656 g/mol. The molecule has 0 aliphatic carbocycles. The molecule has 266 valence electrons. The van der Waals surface area contributed by atoms with Gasteiger partial charge in [-0.2, -0.15) is 0 Å². The predicted octanol–water partition coefficient (Wildman–Crippen LogP) is 6.34. The van der Waals surface area contributed by atoms with Crippen molar-refractivity contribution in [1.29, 1.82) is 0 Å². The molecule has 0 saturated heterocycles. The number of esters is 1. The first-order chi connectivity index (χ1) is 25.2. The summed E-state index contributed by atoms with van der Waals surface area (Å²) in [6, 6.07) is 42.9. The van der Waals surface area contributed by atoms with Gasteiger partial charge in [-0.15, -0.1) is 0 Å². The van der Waals surface area contributed by atoms with E-state index < -0.39 is 41.0 Å². The first-order valence-electron chi connectivity index (χ1n) is 17.2. The van der Waals surface area contributed by atoms with Crippen LogP contribution in [0.25, 0.3) is 0 Å². The van der Waals surface area contributed by atoms with Gasteiger partial charge < -0.3 is 15.4 Å². The molecule has 52 heavy (non-hydrogen) atoms. The molecule has 0 bridgehead atoms. The first kappa shape index (κ1) is 37.1. The lowest BCUT2D eigenvalue weighted by atomic mass is 9.76. The summed E-state index contributed by atoms with van der Waals surface area (Å²) in [4.78, 5) is 51.2. The lowest BCUT2D eigenvalue weighted by Crippen LogP contribution is -2.59. The lowest BCUT2D eigenvalue weighted by Gasteiger charge is -2.40. The second-order valence-electron chi connectivity index (χ2n) is 12.9. The Balaban J connectivity index is 1.44. The number of non-ortho nitro benzene ring substituents is 1. The summed E-state index contributed by atoms with van der Waals surface area (Å²) in [5, 5.41) is 20.3. The van der Waals surface area contributed by atoms with Crippen LogP contribution in [-0.2, 0) is 26.3 Å². The summed E-state index contributed by atoms with van der Waals surface area (Å²) in [5.74, 6) is -1.56. The van der Waals surface area contributed by atoms with E-state index in [0.29, 0.717) is 12.8 Å². The van der Waals surface area contributed by atoms with Gasteiger partial charge in [-0.1, -0.05) is 135 Å². The molecule has 2 unspecified atom stereocenters. The maximum absolute atomic E-state index is 14.6. The number of benzene rings is 5. The average molecular weight is 699 g/mol. The van der Waals surface area contributed by atoms with Crippen molar-refractivity contribution in [2.75, 3.05) is 6.54 Å². The molecule has 0 radical (unpaired) electrons. The molecular formula is C42H42N4O6. The SMILES string of the molecule is CC(C)CC(NC(=O)C(Cc1ccccc1)NC(c1ccccc1)(c1ccccc1)c1ccccc1)C(=O)NCC(=O)Oc1ccc([N+](=O)[O-])cc1. The van der Waals surface area contributed by atoms with E-state index >= 15 is 0 Å². The molecule has 5 aromatic rings. The molecule has 0 fully saturated rings. The number of hydrogen-bond acceptors (Lipinski definition) is 7. The van der Waals surface area contributed by atoms with Gasteiger partial charge >= 0.3 is 5.97 Å². The van der Waals surface area contributed by atoms with E-state index in [-0.39, 0.29) is 23.3 Å². The summed E-state index contributed by atoms with van der Waals surface area (Å²) in [6.07, 6.45) is 0.632. The first-order valence-corrected chi connectivity index (χ1v) is 17.2. The molecule has 0 heterocycles. The quantitative estimate of drug-likeness (QED) is 0.0359. The number of nitrogens with zero attached hydrogens (tertiary/aromatic N) is 1. The van der Waals surface area contributed by atoms with Gasteiger partial charge in [-0.05, 0) is 53.1 Å². The van der Waals surface area contributed by atoms with Gasteiger partial charge in [0.25, 0.3) is 5.69 Å². The van der Waals surface area contributed by atoms with E-state index in [4.69, 9.17) is 4.74 Å². The summed E-state index contributed by atoms with van der Waals surface area (Å²) in [5.41, 5.74) is 2.62. The smallest absolute Gasteiger partial charge is 0.330 e. The largest absolute Gasteiger partial charge is 0.425 e. The number of carbonyl (C=O) groups is 3. The number of nitro benzene ring substituents is 1. The van der Waals surface area contributed by atoms with Gasteiger partial charge in [0.05, 0.1) is 16.5 Å². The Morgan fingerprint density at radius 2 is 1.15 bits per heavy atom. The van der Waals surface area contributed by atoms with E-state index in [1.807, 2.05) is 135 Å². The third-order valence-corrected chi connectivity index (χ3v) is 8.64. The minimum atomic E-state index is -0.960. The highest BCUT2D eigenvalue weighted by molar-refractivity contribution is 5.91. The Kier molecular flexibility index (Phi) is 12.6. The van der Waals surface area contributed by atoms with E-state index in [0.717, 1.165) is 22.3 Å². The molecule has 0 saturated carbocycles. The van der Waals surface area contributed by atoms with Crippen molar-refractivity contribution in [2.24, 2.45) is 5.92 Å². The number of hydrogen-bond donors (Lipinski definition) is 3. The molecule has 0 aromatic heterocycles. The van der Waals surface area contributed by atoms with E-state index in [1.165, 1.54) is 24.3 Å². The van der Waals surface area contributed by atoms with Crippen molar-refractivity contribution in [1.82, 2.24) is 16.0 Å². The molecule has 0 aliphatic rings.